The number of carbonyl (C=O) groups is 2. The molecule has 2 amide bonds. The zero-order valence-corrected chi connectivity index (χ0v) is 20.7. The molecular weight excluding hydrogens is 450 g/mol. The highest BCUT2D eigenvalue weighted by Crippen LogP contribution is 2.23. The fraction of sp³-hybridized carbons (Fsp3) is 0.231. The average molecular weight is 480 g/mol. The molecule has 7 nitrogen and oxygen atoms in total. The van der Waals surface area contributed by atoms with E-state index in [-0.39, 0.29) is 17.2 Å². The summed E-state index contributed by atoms with van der Waals surface area (Å²) in [6, 6.07) is 20.6. The smallest absolute Gasteiger partial charge is 0.255 e. The molecule has 0 fully saturated rings. The van der Waals surface area contributed by atoms with Crippen molar-refractivity contribution in [2.45, 2.75) is 26.2 Å². The van der Waals surface area contributed by atoms with Gasteiger partial charge in [-0.3, -0.25) is 13.9 Å². The molecule has 0 radical (unpaired) electrons. The van der Waals surface area contributed by atoms with E-state index < -0.39 is 10.0 Å². The third kappa shape index (κ3) is 6.23. The topological polar surface area (TPSA) is 95.6 Å². The molecule has 0 heterocycles. The highest BCUT2D eigenvalue weighted by Gasteiger charge is 2.15. The lowest BCUT2D eigenvalue weighted by Crippen LogP contribution is -2.24. The number of nitrogens with zero attached hydrogens (tertiary/aromatic N) is 1. The van der Waals surface area contributed by atoms with Gasteiger partial charge in [-0.15, -0.1) is 0 Å². The van der Waals surface area contributed by atoms with Crippen LogP contribution >= 0.6 is 0 Å². The number of carbonyl (C=O) groups excluding carboxylic acids is 2. The summed E-state index contributed by atoms with van der Waals surface area (Å²) in [5.41, 5.74) is 3.59. The molecular formula is C26H29N3O4S. The lowest BCUT2D eigenvalue weighted by Gasteiger charge is -2.19. The summed E-state index contributed by atoms with van der Waals surface area (Å²) in [6.07, 6.45) is 1.11. The molecule has 0 aliphatic carbocycles. The lowest BCUT2D eigenvalue weighted by molar-refractivity contribution is 0.101. The summed E-state index contributed by atoms with van der Waals surface area (Å²) in [7, 11) is -1.94. The molecule has 0 aliphatic heterocycles. The van der Waals surface area contributed by atoms with E-state index in [9.17, 15) is 18.0 Å². The zero-order chi connectivity index (χ0) is 25.1. The lowest BCUT2D eigenvalue weighted by atomic mass is 9.87. The Kier molecular flexibility index (Phi) is 7.12. The summed E-state index contributed by atoms with van der Waals surface area (Å²) in [5.74, 6) is -0.593. The van der Waals surface area contributed by atoms with E-state index in [1.54, 1.807) is 60.7 Å². The zero-order valence-electron chi connectivity index (χ0n) is 19.9. The van der Waals surface area contributed by atoms with Gasteiger partial charge in [0.15, 0.2) is 0 Å². The van der Waals surface area contributed by atoms with Crippen molar-refractivity contribution in [1.82, 2.24) is 0 Å². The van der Waals surface area contributed by atoms with Gasteiger partial charge in [-0.2, -0.15) is 0 Å². The van der Waals surface area contributed by atoms with Crippen molar-refractivity contribution < 1.29 is 18.0 Å². The number of nitrogens with one attached hydrogen (secondary N) is 2. The van der Waals surface area contributed by atoms with Crippen LogP contribution in [0.4, 0.5) is 17.1 Å². The van der Waals surface area contributed by atoms with Gasteiger partial charge in [-0.1, -0.05) is 39.0 Å². The third-order valence-corrected chi connectivity index (χ3v) is 6.59. The Bertz CT molecular complexity index is 1290. The molecule has 0 atom stereocenters. The minimum absolute atomic E-state index is 0.00545. The van der Waals surface area contributed by atoms with Gasteiger partial charge in [0, 0.05) is 29.5 Å². The normalized spacial score (nSPS) is 11.6. The van der Waals surface area contributed by atoms with Gasteiger partial charge in [-0.05, 0) is 65.6 Å². The van der Waals surface area contributed by atoms with Gasteiger partial charge >= 0.3 is 0 Å². The van der Waals surface area contributed by atoms with Crippen molar-refractivity contribution in [3.05, 3.63) is 89.5 Å². The van der Waals surface area contributed by atoms with Crippen LogP contribution in [0.25, 0.3) is 0 Å². The Hall–Kier alpha value is -3.65. The molecule has 0 spiro atoms. The van der Waals surface area contributed by atoms with E-state index in [2.05, 4.69) is 31.4 Å². The molecule has 8 heteroatoms. The summed E-state index contributed by atoms with van der Waals surface area (Å²) in [4.78, 5) is 25.3. The Morgan fingerprint density at radius 2 is 1.21 bits per heavy atom. The number of rotatable bonds is 6. The summed E-state index contributed by atoms with van der Waals surface area (Å²) < 4.78 is 24.5. The first-order valence-corrected chi connectivity index (χ1v) is 12.6. The summed E-state index contributed by atoms with van der Waals surface area (Å²) in [5, 5.41) is 5.64. The van der Waals surface area contributed by atoms with Crippen LogP contribution in [0.3, 0.4) is 0 Å². The van der Waals surface area contributed by atoms with E-state index in [4.69, 9.17) is 0 Å². The van der Waals surface area contributed by atoms with Crippen molar-refractivity contribution in [1.29, 1.82) is 0 Å². The van der Waals surface area contributed by atoms with E-state index in [0.717, 1.165) is 16.1 Å². The van der Waals surface area contributed by atoms with Gasteiger partial charge in [0.25, 0.3) is 11.8 Å². The molecule has 0 bridgehead atoms. The van der Waals surface area contributed by atoms with E-state index in [1.165, 1.54) is 7.05 Å². The van der Waals surface area contributed by atoms with E-state index in [1.807, 2.05) is 12.1 Å². The predicted molar refractivity (Wildman–Crippen MR) is 137 cm³/mol. The third-order valence-electron chi connectivity index (χ3n) is 5.38. The Morgan fingerprint density at radius 3 is 1.62 bits per heavy atom. The molecule has 0 aromatic heterocycles. The maximum Gasteiger partial charge on any atom is 0.255 e. The quantitative estimate of drug-likeness (QED) is 0.526. The van der Waals surface area contributed by atoms with Crippen LogP contribution in [0.1, 0.15) is 47.1 Å². The molecule has 0 saturated carbocycles. The fourth-order valence-corrected chi connectivity index (χ4v) is 3.72. The summed E-state index contributed by atoms with van der Waals surface area (Å²) >= 11 is 0. The fourth-order valence-electron chi connectivity index (χ4n) is 3.22. The number of benzene rings is 3. The first-order chi connectivity index (χ1) is 15.8. The molecule has 178 valence electrons. The molecule has 3 aromatic rings. The Balaban J connectivity index is 1.67. The van der Waals surface area contributed by atoms with Crippen LogP contribution in [0.15, 0.2) is 72.8 Å². The average Bonchev–Trinajstić information content (AvgIpc) is 2.78. The highest BCUT2D eigenvalue weighted by atomic mass is 32.2. The van der Waals surface area contributed by atoms with Crippen LogP contribution in [0, 0.1) is 0 Å². The van der Waals surface area contributed by atoms with Crippen LogP contribution in [-0.2, 0) is 15.4 Å². The van der Waals surface area contributed by atoms with Gasteiger partial charge in [0.05, 0.1) is 11.9 Å². The Labute approximate surface area is 200 Å². The predicted octanol–water partition coefficient (Wildman–Crippen LogP) is 4.88. The van der Waals surface area contributed by atoms with Crippen molar-refractivity contribution in [2.75, 3.05) is 28.2 Å². The van der Waals surface area contributed by atoms with Crippen LogP contribution in [0.2, 0.25) is 0 Å². The standard InChI is InChI=1S/C26H29N3O4S/c1-26(2,3)20-13-9-18(10-14-20)24(30)27-21-7-6-8-22(17-21)28-25(31)19-11-15-23(16-12-19)29(4)34(5,32)33/h6-17H,1-5H3,(H,27,30)(H,28,31). The number of hydrogen-bond acceptors (Lipinski definition) is 4. The van der Waals surface area contributed by atoms with Gasteiger partial charge in [0.2, 0.25) is 10.0 Å². The minimum atomic E-state index is -3.38. The Morgan fingerprint density at radius 1 is 0.765 bits per heavy atom. The van der Waals surface area contributed by atoms with Crippen molar-refractivity contribution in [2.24, 2.45) is 0 Å². The van der Waals surface area contributed by atoms with Crippen molar-refractivity contribution in [3.63, 3.8) is 0 Å². The molecule has 3 aromatic carbocycles. The first kappa shape index (κ1) is 25.0. The number of sulfonamides is 1. The molecule has 0 aliphatic rings. The van der Waals surface area contributed by atoms with Crippen LogP contribution in [0.5, 0.6) is 0 Å². The van der Waals surface area contributed by atoms with Crippen LogP contribution < -0.4 is 14.9 Å². The monoisotopic (exact) mass is 479 g/mol. The van der Waals surface area contributed by atoms with Crippen molar-refractivity contribution >= 4 is 38.9 Å². The first-order valence-electron chi connectivity index (χ1n) is 10.7. The highest BCUT2D eigenvalue weighted by molar-refractivity contribution is 7.92. The molecule has 0 saturated heterocycles. The second-order valence-electron chi connectivity index (χ2n) is 9.09. The maximum absolute atomic E-state index is 12.6. The molecule has 34 heavy (non-hydrogen) atoms. The number of hydrogen-bond donors (Lipinski definition) is 2. The van der Waals surface area contributed by atoms with Gasteiger partial charge < -0.3 is 10.6 Å². The molecule has 0 unspecified atom stereocenters. The second-order valence-corrected chi connectivity index (χ2v) is 11.1. The second kappa shape index (κ2) is 9.69. The largest absolute Gasteiger partial charge is 0.322 e. The maximum atomic E-state index is 12.6. The summed E-state index contributed by atoms with van der Waals surface area (Å²) in [6.45, 7) is 6.35. The van der Waals surface area contributed by atoms with E-state index >= 15 is 0 Å². The SMILES string of the molecule is CN(c1ccc(C(=O)Nc2cccc(NC(=O)c3ccc(C(C)(C)C)cc3)c2)cc1)S(C)(=O)=O. The molecule has 2 N–H and O–H groups in total. The minimum Gasteiger partial charge on any atom is -0.322 e. The van der Waals surface area contributed by atoms with Gasteiger partial charge in [-0.25, -0.2) is 8.42 Å². The van der Waals surface area contributed by atoms with E-state index in [0.29, 0.717) is 28.2 Å². The number of anilines is 3. The molecule has 3 rings (SSSR count). The van der Waals surface area contributed by atoms with Gasteiger partial charge in [0.1, 0.15) is 0 Å². The van der Waals surface area contributed by atoms with Crippen molar-refractivity contribution in [3.8, 4) is 0 Å². The van der Waals surface area contributed by atoms with Crippen LogP contribution in [-0.4, -0.2) is 33.5 Å². The number of amides is 2.